The summed E-state index contributed by atoms with van der Waals surface area (Å²) in [6, 6.07) is 11.2. The molecule has 2 aromatic rings. The molecule has 5 heteroatoms. The summed E-state index contributed by atoms with van der Waals surface area (Å²) in [5, 5.41) is 9.19. The summed E-state index contributed by atoms with van der Waals surface area (Å²) >= 11 is 12.2. The highest BCUT2D eigenvalue weighted by atomic mass is 35.5. The van der Waals surface area contributed by atoms with E-state index in [2.05, 4.69) is 0 Å². The van der Waals surface area contributed by atoms with Crippen LogP contribution in [-0.2, 0) is 6.61 Å². The Morgan fingerprint density at radius 1 is 1.14 bits per heavy atom. The van der Waals surface area contributed by atoms with Gasteiger partial charge in [-0.05, 0) is 41.5 Å². The van der Waals surface area contributed by atoms with E-state index < -0.39 is 0 Å². The minimum absolute atomic E-state index is 0.229. The molecule has 21 heavy (non-hydrogen) atoms. The molecule has 0 bridgehead atoms. The first-order valence-corrected chi connectivity index (χ1v) is 6.78. The number of benzene rings is 2. The lowest BCUT2D eigenvalue weighted by Gasteiger charge is -2.11. The lowest BCUT2D eigenvalue weighted by Crippen LogP contribution is -1.97. The third kappa shape index (κ3) is 4.22. The molecule has 0 unspecified atom stereocenters. The highest BCUT2D eigenvalue weighted by Crippen LogP contribution is 2.35. The van der Waals surface area contributed by atoms with Crippen molar-refractivity contribution in [2.24, 2.45) is 0 Å². The normalized spacial score (nSPS) is 10.6. The Labute approximate surface area is 132 Å². The molecule has 0 aliphatic heterocycles. The van der Waals surface area contributed by atoms with Crippen LogP contribution in [0.4, 0.5) is 4.39 Å². The Morgan fingerprint density at radius 2 is 1.76 bits per heavy atom. The standard InChI is InChI=1S/C16H10Cl2FNO/c17-14-8-12(2-1-7-20)9-15(18)16(14)21-10-11-3-5-13(19)6-4-11/h1-6,8-9H,10H2/b2-1+. The average Bonchev–Trinajstić information content (AvgIpc) is 2.46. The number of halogens is 3. The maximum absolute atomic E-state index is 12.8. The lowest BCUT2D eigenvalue weighted by molar-refractivity contribution is 0.306. The summed E-state index contributed by atoms with van der Waals surface area (Å²) in [6.07, 6.45) is 2.93. The van der Waals surface area contributed by atoms with Crippen molar-refractivity contribution < 1.29 is 9.13 Å². The molecule has 0 saturated carbocycles. The van der Waals surface area contributed by atoms with Crippen molar-refractivity contribution in [1.82, 2.24) is 0 Å². The summed E-state index contributed by atoms with van der Waals surface area (Å²) in [5.41, 5.74) is 1.51. The van der Waals surface area contributed by atoms with Crippen molar-refractivity contribution >= 4 is 29.3 Å². The van der Waals surface area contributed by atoms with Crippen molar-refractivity contribution in [3.05, 3.63) is 69.5 Å². The topological polar surface area (TPSA) is 33.0 Å². The molecule has 0 heterocycles. The summed E-state index contributed by atoms with van der Waals surface area (Å²) in [5.74, 6) is 0.0558. The minimum atomic E-state index is -0.302. The SMILES string of the molecule is N#C/C=C/c1cc(Cl)c(OCc2ccc(F)cc2)c(Cl)c1. The Morgan fingerprint density at radius 3 is 2.33 bits per heavy atom. The molecule has 0 saturated heterocycles. The molecule has 2 nitrogen and oxygen atoms in total. The van der Waals surface area contributed by atoms with Gasteiger partial charge in [-0.2, -0.15) is 5.26 Å². The molecule has 0 amide bonds. The number of rotatable bonds is 4. The van der Waals surface area contributed by atoms with Crippen molar-refractivity contribution in [3.63, 3.8) is 0 Å². The van der Waals surface area contributed by atoms with Crippen LogP contribution in [0.5, 0.6) is 5.75 Å². The Kier molecular flexibility index (Phi) is 5.21. The molecule has 0 radical (unpaired) electrons. The second-order valence-electron chi connectivity index (χ2n) is 4.19. The van der Waals surface area contributed by atoms with E-state index in [9.17, 15) is 4.39 Å². The molecular formula is C16H10Cl2FNO. The Hall–Kier alpha value is -2.02. The third-order valence-electron chi connectivity index (χ3n) is 2.67. The van der Waals surface area contributed by atoms with Gasteiger partial charge in [0.2, 0.25) is 0 Å². The van der Waals surface area contributed by atoms with E-state index in [0.29, 0.717) is 21.4 Å². The van der Waals surface area contributed by atoms with Crippen LogP contribution in [0.2, 0.25) is 10.0 Å². The maximum atomic E-state index is 12.8. The number of ether oxygens (including phenoxy) is 1. The molecule has 0 aliphatic carbocycles. The van der Waals surface area contributed by atoms with Gasteiger partial charge in [0.15, 0.2) is 5.75 Å². The Balaban J connectivity index is 2.15. The smallest absolute Gasteiger partial charge is 0.157 e. The van der Waals surface area contributed by atoms with E-state index in [1.54, 1.807) is 30.3 Å². The predicted molar refractivity (Wildman–Crippen MR) is 81.8 cm³/mol. The van der Waals surface area contributed by atoms with Crippen LogP contribution < -0.4 is 4.74 Å². The van der Waals surface area contributed by atoms with Crippen LogP contribution in [0.3, 0.4) is 0 Å². The first kappa shape index (κ1) is 15.4. The van der Waals surface area contributed by atoms with Crippen LogP contribution in [0, 0.1) is 17.1 Å². The fraction of sp³-hybridized carbons (Fsp3) is 0.0625. The highest BCUT2D eigenvalue weighted by molar-refractivity contribution is 6.37. The van der Waals surface area contributed by atoms with Gasteiger partial charge in [0.05, 0.1) is 16.1 Å². The van der Waals surface area contributed by atoms with Crippen molar-refractivity contribution in [3.8, 4) is 11.8 Å². The van der Waals surface area contributed by atoms with Gasteiger partial charge in [0.1, 0.15) is 12.4 Å². The van der Waals surface area contributed by atoms with Crippen LogP contribution in [0.15, 0.2) is 42.5 Å². The molecule has 106 valence electrons. The number of allylic oxidation sites excluding steroid dienone is 1. The van der Waals surface area contributed by atoms with Gasteiger partial charge in [-0.25, -0.2) is 4.39 Å². The van der Waals surface area contributed by atoms with Crippen LogP contribution in [0.25, 0.3) is 6.08 Å². The molecule has 0 N–H and O–H groups in total. The zero-order valence-electron chi connectivity index (χ0n) is 10.8. The molecule has 0 aliphatic rings. The summed E-state index contributed by atoms with van der Waals surface area (Å²) in [7, 11) is 0. The van der Waals surface area contributed by atoms with Gasteiger partial charge < -0.3 is 4.74 Å². The highest BCUT2D eigenvalue weighted by Gasteiger charge is 2.09. The minimum Gasteiger partial charge on any atom is -0.486 e. The summed E-state index contributed by atoms with van der Waals surface area (Å²) in [4.78, 5) is 0. The molecule has 0 spiro atoms. The van der Waals surface area contributed by atoms with E-state index in [1.807, 2.05) is 6.07 Å². The second-order valence-corrected chi connectivity index (χ2v) is 5.01. The van der Waals surface area contributed by atoms with E-state index in [1.165, 1.54) is 18.2 Å². The van der Waals surface area contributed by atoms with Crippen LogP contribution >= 0.6 is 23.2 Å². The molecule has 0 fully saturated rings. The first-order chi connectivity index (χ1) is 10.1. The number of hydrogen-bond donors (Lipinski definition) is 0. The largest absolute Gasteiger partial charge is 0.486 e. The van der Waals surface area contributed by atoms with Gasteiger partial charge >= 0.3 is 0 Å². The molecular weight excluding hydrogens is 312 g/mol. The van der Waals surface area contributed by atoms with Gasteiger partial charge in [-0.3, -0.25) is 0 Å². The number of hydrogen-bond acceptors (Lipinski definition) is 2. The zero-order chi connectivity index (χ0) is 15.2. The van der Waals surface area contributed by atoms with Crippen molar-refractivity contribution in [2.75, 3.05) is 0 Å². The first-order valence-electron chi connectivity index (χ1n) is 6.02. The third-order valence-corrected chi connectivity index (χ3v) is 3.23. The van der Waals surface area contributed by atoms with Crippen LogP contribution in [-0.4, -0.2) is 0 Å². The van der Waals surface area contributed by atoms with E-state index in [4.69, 9.17) is 33.2 Å². The van der Waals surface area contributed by atoms with E-state index in [0.717, 1.165) is 5.56 Å². The molecule has 2 aromatic carbocycles. The van der Waals surface area contributed by atoms with Gasteiger partial charge in [0, 0.05) is 6.08 Å². The monoisotopic (exact) mass is 321 g/mol. The molecule has 0 aromatic heterocycles. The van der Waals surface area contributed by atoms with Gasteiger partial charge in [-0.15, -0.1) is 0 Å². The Bertz CT molecular complexity index is 682. The van der Waals surface area contributed by atoms with Gasteiger partial charge in [0.25, 0.3) is 0 Å². The number of nitrogens with zero attached hydrogens (tertiary/aromatic N) is 1. The van der Waals surface area contributed by atoms with Crippen molar-refractivity contribution in [1.29, 1.82) is 5.26 Å². The van der Waals surface area contributed by atoms with Gasteiger partial charge in [-0.1, -0.05) is 35.3 Å². The molecule has 2 rings (SSSR count). The molecule has 0 atom stereocenters. The predicted octanol–water partition coefficient (Wildman–Crippen LogP) is 5.25. The fourth-order valence-electron chi connectivity index (χ4n) is 1.68. The fourth-order valence-corrected chi connectivity index (χ4v) is 2.30. The van der Waals surface area contributed by atoms with Crippen molar-refractivity contribution in [2.45, 2.75) is 6.61 Å². The second kappa shape index (κ2) is 7.12. The average molecular weight is 322 g/mol. The maximum Gasteiger partial charge on any atom is 0.157 e. The summed E-state index contributed by atoms with van der Waals surface area (Å²) in [6.45, 7) is 0.229. The quantitative estimate of drug-likeness (QED) is 0.720. The zero-order valence-corrected chi connectivity index (χ0v) is 12.3. The summed E-state index contributed by atoms with van der Waals surface area (Å²) < 4.78 is 18.4. The lowest BCUT2D eigenvalue weighted by atomic mass is 10.2. The van der Waals surface area contributed by atoms with Crippen LogP contribution in [0.1, 0.15) is 11.1 Å². The number of nitriles is 1. The van der Waals surface area contributed by atoms with E-state index in [-0.39, 0.29) is 12.4 Å². The van der Waals surface area contributed by atoms with E-state index >= 15 is 0 Å².